The quantitative estimate of drug-likeness (QED) is 0.236. The number of ketones is 1. The molecule has 6 heterocycles. The molecule has 0 atom stereocenters. The number of tetrazole rings is 1. The number of fused-ring (bicyclic) bond motifs is 1. The van der Waals surface area contributed by atoms with Crippen molar-refractivity contribution in [3.05, 3.63) is 60.7 Å². The van der Waals surface area contributed by atoms with Gasteiger partial charge in [-0.1, -0.05) is 11.2 Å². The van der Waals surface area contributed by atoms with Gasteiger partial charge in [0.25, 0.3) is 17.6 Å². The lowest BCUT2D eigenvalue weighted by atomic mass is 10.1. The molecule has 0 unspecified atom stereocenters. The van der Waals surface area contributed by atoms with Crippen LogP contribution in [0.25, 0.3) is 28.0 Å². The molecule has 14 nitrogen and oxygen atoms in total. The Hall–Kier alpha value is -5.40. The molecule has 0 spiro atoms. The molecule has 1 aliphatic rings. The molecule has 40 heavy (non-hydrogen) atoms. The second-order valence-corrected chi connectivity index (χ2v) is 8.90. The minimum absolute atomic E-state index is 0.212. The third kappa shape index (κ3) is 4.34. The average molecular weight is 541 g/mol. The van der Waals surface area contributed by atoms with E-state index < -0.39 is 11.7 Å². The number of amides is 1. The number of piperazine rings is 1. The van der Waals surface area contributed by atoms with Crippen molar-refractivity contribution in [1.82, 2.24) is 45.0 Å². The van der Waals surface area contributed by atoms with Crippen molar-refractivity contribution < 1.29 is 19.1 Å². The molecule has 0 radical (unpaired) electrons. The number of pyridine rings is 3. The summed E-state index contributed by atoms with van der Waals surface area (Å²) in [5, 5.41) is 12.5. The number of aromatic amines is 1. The monoisotopic (exact) mass is 540 g/mol. The smallest absolute Gasteiger partial charge is 0.295 e. The molecule has 202 valence electrons. The van der Waals surface area contributed by atoms with E-state index in [1.807, 2.05) is 23.1 Å². The van der Waals surface area contributed by atoms with Gasteiger partial charge in [-0.2, -0.15) is 4.68 Å². The molecular weight excluding hydrogens is 516 g/mol. The Morgan fingerprint density at radius 3 is 2.50 bits per heavy atom. The van der Waals surface area contributed by atoms with Gasteiger partial charge in [0.05, 0.1) is 42.6 Å². The minimum Gasteiger partial charge on any atom is -0.494 e. The first-order chi connectivity index (χ1) is 19.6. The van der Waals surface area contributed by atoms with Gasteiger partial charge in [-0.05, 0) is 28.6 Å². The van der Waals surface area contributed by atoms with Gasteiger partial charge in [0, 0.05) is 56.4 Å². The van der Waals surface area contributed by atoms with Gasteiger partial charge in [0.15, 0.2) is 5.82 Å². The molecule has 0 aromatic carbocycles. The maximum Gasteiger partial charge on any atom is 0.295 e. The average Bonchev–Trinajstić information content (AvgIpc) is 3.69. The maximum atomic E-state index is 13.5. The fraction of sp³-hybridized carbons (Fsp3) is 0.231. The number of anilines is 1. The fourth-order valence-electron chi connectivity index (χ4n) is 4.69. The number of Topliss-reactive ketones (excluding diaryl/α,β-unsaturated/α-hetero) is 1. The second kappa shape index (κ2) is 10.4. The van der Waals surface area contributed by atoms with Crippen molar-refractivity contribution in [3.8, 4) is 28.7 Å². The van der Waals surface area contributed by atoms with Gasteiger partial charge >= 0.3 is 0 Å². The van der Waals surface area contributed by atoms with Crippen LogP contribution in [0.1, 0.15) is 10.4 Å². The molecule has 5 aromatic heterocycles. The van der Waals surface area contributed by atoms with E-state index in [2.05, 4.69) is 35.5 Å². The summed E-state index contributed by atoms with van der Waals surface area (Å²) in [6.07, 6.45) is 6.34. The van der Waals surface area contributed by atoms with Crippen LogP contribution in [0.15, 0.2) is 55.1 Å². The normalized spacial score (nSPS) is 13.4. The van der Waals surface area contributed by atoms with Crippen molar-refractivity contribution in [2.45, 2.75) is 0 Å². The van der Waals surface area contributed by atoms with E-state index in [1.54, 1.807) is 29.2 Å². The molecular formula is C26H24N10O4. The minimum atomic E-state index is -0.638. The Labute approximate surface area is 227 Å². The van der Waals surface area contributed by atoms with Crippen molar-refractivity contribution >= 4 is 28.5 Å². The van der Waals surface area contributed by atoms with E-state index in [1.165, 1.54) is 31.5 Å². The van der Waals surface area contributed by atoms with Crippen LogP contribution in [-0.4, -0.2) is 97.1 Å². The van der Waals surface area contributed by atoms with Crippen molar-refractivity contribution in [1.29, 1.82) is 0 Å². The molecule has 14 heteroatoms. The first-order valence-corrected chi connectivity index (χ1v) is 12.4. The highest BCUT2D eigenvalue weighted by Gasteiger charge is 2.31. The summed E-state index contributed by atoms with van der Waals surface area (Å²) >= 11 is 0. The lowest BCUT2D eigenvalue weighted by molar-refractivity contribution is -0.126. The van der Waals surface area contributed by atoms with Crippen LogP contribution in [0.4, 0.5) is 5.95 Å². The molecule has 1 amide bonds. The first kappa shape index (κ1) is 24.9. The second-order valence-electron chi connectivity index (χ2n) is 8.90. The lowest BCUT2D eigenvalue weighted by Gasteiger charge is -2.34. The maximum absolute atomic E-state index is 13.5. The molecule has 1 fully saturated rings. The van der Waals surface area contributed by atoms with Crippen LogP contribution in [0, 0.1) is 0 Å². The Kier molecular flexibility index (Phi) is 6.48. The van der Waals surface area contributed by atoms with Gasteiger partial charge < -0.3 is 24.3 Å². The zero-order valence-corrected chi connectivity index (χ0v) is 21.7. The summed E-state index contributed by atoms with van der Waals surface area (Å²) < 4.78 is 12.2. The highest BCUT2D eigenvalue weighted by molar-refractivity contribution is 6.45. The van der Waals surface area contributed by atoms with Crippen LogP contribution in [0.5, 0.6) is 11.6 Å². The first-order valence-electron chi connectivity index (χ1n) is 12.4. The largest absolute Gasteiger partial charge is 0.494 e. The van der Waals surface area contributed by atoms with E-state index in [0.717, 1.165) is 0 Å². The molecule has 1 N–H and O–H groups in total. The van der Waals surface area contributed by atoms with Crippen molar-refractivity contribution in [2.24, 2.45) is 0 Å². The van der Waals surface area contributed by atoms with Gasteiger partial charge in [0.1, 0.15) is 5.75 Å². The number of aromatic nitrogens is 8. The van der Waals surface area contributed by atoms with Crippen LogP contribution < -0.4 is 14.4 Å². The van der Waals surface area contributed by atoms with E-state index in [-0.39, 0.29) is 5.56 Å². The van der Waals surface area contributed by atoms with Crippen LogP contribution in [-0.2, 0) is 4.79 Å². The zero-order chi connectivity index (χ0) is 27.6. The summed E-state index contributed by atoms with van der Waals surface area (Å²) in [6.45, 7) is 1.54. The Morgan fingerprint density at radius 1 is 0.950 bits per heavy atom. The van der Waals surface area contributed by atoms with Crippen LogP contribution in [0.2, 0.25) is 0 Å². The number of ether oxygens (including phenoxy) is 2. The number of H-pyrrole nitrogens is 1. The summed E-state index contributed by atoms with van der Waals surface area (Å²) in [4.78, 5) is 46.5. The van der Waals surface area contributed by atoms with E-state index in [4.69, 9.17) is 9.47 Å². The molecule has 0 aliphatic carbocycles. The van der Waals surface area contributed by atoms with Gasteiger partial charge in [0.2, 0.25) is 5.88 Å². The molecule has 0 bridgehead atoms. The van der Waals surface area contributed by atoms with Crippen LogP contribution in [0.3, 0.4) is 0 Å². The molecule has 6 rings (SSSR count). The van der Waals surface area contributed by atoms with E-state index in [9.17, 15) is 9.59 Å². The molecule has 0 saturated carbocycles. The standard InChI is InChI=1S/C26H24N10O4/c1-39-18-15-30-22(16-6-7-20(40-2)28-13-16)23-21(18)17(14-29-23)24(37)25(38)34-9-11-35(12-10-34)26-31-32-33-36(26)19-5-3-4-8-27-19/h3-8,13-15,29H,9-12H2,1-2H3. The van der Waals surface area contributed by atoms with Gasteiger partial charge in [-0.15, -0.1) is 0 Å². The van der Waals surface area contributed by atoms with Crippen molar-refractivity contribution in [3.63, 3.8) is 0 Å². The number of methoxy groups -OCH3 is 2. The number of nitrogens with zero attached hydrogens (tertiary/aromatic N) is 9. The zero-order valence-electron chi connectivity index (χ0n) is 21.7. The molecule has 1 aliphatic heterocycles. The lowest BCUT2D eigenvalue weighted by Crippen LogP contribution is -2.51. The number of hydrogen-bond acceptors (Lipinski definition) is 11. The third-order valence-electron chi connectivity index (χ3n) is 6.72. The predicted molar refractivity (Wildman–Crippen MR) is 143 cm³/mol. The van der Waals surface area contributed by atoms with E-state index in [0.29, 0.717) is 71.7 Å². The number of carbonyl (C=O) groups is 2. The number of nitrogens with one attached hydrogen (secondary N) is 1. The SMILES string of the molecule is COc1ccc(-c2ncc(OC)c3c(C(=O)C(=O)N4CCN(c5nnnn5-c5ccccn5)CC4)c[nH]c23)cn1. The van der Waals surface area contributed by atoms with Crippen molar-refractivity contribution in [2.75, 3.05) is 45.3 Å². The number of rotatable bonds is 7. The molecule has 5 aromatic rings. The summed E-state index contributed by atoms with van der Waals surface area (Å²) in [6, 6.07) is 9.01. The number of hydrogen-bond donors (Lipinski definition) is 1. The number of carbonyl (C=O) groups excluding carboxylic acids is 2. The molecule has 1 saturated heterocycles. The topological polar surface area (TPSA) is 157 Å². The Bertz CT molecular complexity index is 1680. The highest BCUT2D eigenvalue weighted by atomic mass is 16.5. The third-order valence-corrected chi connectivity index (χ3v) is 6.72. The fourth-order valence-corrected chi connectivity index (χ4v) is 4.69. The predicted octanol–water partition coefficient (Wildman–Crippen LogP) is 1.54. The highest BCUT2D eigenvalue weighted by Crippen LogP contribution is 2.35. The van der Waals surface area contributed by atoms with Gasteiger partial charge in [-0.25, -0.2) is 9.97 Å². The summed E-state index contributed by atoms with van der Waals surface area (Å²) in [5.41, 5.74) is 2.05. The Balaban J connectivity index is 1.22. The van der Waals surface area contributed by atoms with Crippen LogP contribution >= 0.6 is 0 Å². The van der Waals surface area contributed by atoms with E-state index >= 15 is 0 Å². The summed E-state index contributed by atoms with van der Waals surface area (Å²) in [7, 11) is 3.03. The summed E-state index contributed by atoms with van der Waals surface area (Å²) in [5.74, 6) is 0.714. The van der Waals surface area contributed by atoms with Gasteiger partial charge in [-0.3, -0.25) is 14.6 Å². The Morgan fingerprint density at radius 2 is 1.80 bits per heavy atom.